The number of hydrogen-bond donors (Lipinski definition) is 5. The minimum absolute atomic E-state index is 0.109. The molecule has 2 aromatic rings. The largest absolute Gasteiger partial charge is 0.396 e. The molecule has 3 rings (SSSR count). The van der Waals surface area contributed by atoms with Gasteiger partial charge in [0, 0.05) is 62.2 Å². The van der Waals surface area contributed by atoms with Gasteiger partial charge in [-0.25, -0.2) is 13.1 Å². The smallest absolute Gasteiger partial charge is 0.241 e. The van der Waals surface area contributed by atoms with Crippen molar-refractivity contribution in [2.24, 2.45) is 5.92 Å². The van der Waals surface area contributed by atoms with E-state index in [1.54, 1.807) is 12.1 Å². The van der Waals surface area contributed by atoms with E-state index >= 15 is 0 Å². The average molecular weight is 452 g/mol. The number of β-amino-alcohol motifs (C(OH)–C–C–N with tert-alkyl or cyclic N) is 1. The third-order valence-corrected chi connectivity index (χ3v) is 7.53. The van der Waals surface area contributed by atoms with E-state index in [9.17, 15) is 23.7 Å². The molecule has 1 fully saturated rings. The van der Waals surface area contributed by atoms with Gasteiger partial charge in [0.1, 0.15) is 0 Å². The summed E-state index contributed by atoms with van der Waals surface area (Å²) in [5.41, 5.74) is 0.959. The summed E-state index contributed by atoms with van der Waals surface area (Å²) in [5, 5.41) is 34.0. The third-order valence-electron chi connectivity index (χ3n) is 6.01. The molecule has 0 bridgehead atoms. The van der Waals surface area contributed by atoms with Gasteiger partial charge in [-0.2, -0.15) is 0 Å². The maximum Gasteiger partial charge on any atom is 0.241 e. The Morgan fingerprint density at radius 1 is 1.10 bits per heavy atom. The van der Waals surface area contributed by atoms with E-state index in [1.165, 1.54) is 0 Å². The Bertz CT molecular complexity index is 982. The first-order valence-electron chi connectivity index (χ1n) is 10.7. The molecule has 9 heteroatoms. The van der Waals surface area contributed by atoms with Crippen LogP contribution in [0, 0.1) is 5.92 Å². The molecule has 31 heavy (non-hydrogen) atoms. The molecular weight excluding hydrogens is 418 g/mol. The summed E-state index contributed by atoms with van der Waals surface area (Å²) < 4.78 is 28.6. The average Bonchev–Trinajstić information content (AvgIpc) is 2.75. The molecule has 1 aliphatic heterocycles. The second kappa shape index (κ2) is 10.2. The molecule has 0 radical (unpaired) electrons. The van der Waals surface area contributed by atoms with Gasteiger partial charge in [0.05, 0.1) is 17.1 Å². The number of nitrogens with one attached hydrogen (secondary N) is 2. The van der Waals surface area contributed by atoms with Crippen molar-refractivity contribution in [3.8, 4) is 0 Å². The van der Waals surface area contributed by atoms with E-state index in [1.807, 2.05) is 43.3 Å². The maximum atomic E-state index is 12.9. The molecule has 1 saturated heterocycles. The highest BCUT2D eigenvalue weighted by atomic mass is 32.2. The van der Waals surface area contributed by atoms with Crippen molar-refractivity contribution in [1.82, 2.24) is 10.0 Å². The lowest BCUT2D eigenvalue weighted by Crippen LogP contribution is -2.57. The Morgan fingerprint density at radius 2 is 1.81 bits per heavy atom. The van der Waals surface area contributed by atoms with Crippen molar-refractivity contribution in [2.45, 2.75) is 42.4 Å². The first kappa shape index (κ1) is 23.9. The Balaban J connectivity index is 1.59. The number of benzene rings is 2. The standard InChI is InChI=1S/C22H33N3O5S/c1-25(2)19-10-5-8-16-15(19)7-6-11-21(16)31(29,30)24-12-4-3-9-18-17(14-26)22(28)20(27)13-23-18/h5-8,10-11,17-18,20,22-24,26-28H,3-4,9,12-14H2,1-2H3/t17-,18-,20+,22-/m0/s1. The molecule has 0 amide bonds. The Labute approximate surface area is 183 Å². The highest BCUT2D eigenvalue weighted by Gasteiger charge is 2.36. The quantitative estimate of drug-likeness (QED) is 0.355. The predicted molar refractivity (Wildman–Crippen MR) is 122 cm³/mol. The number of aliphatic hydroxyl groups excluding tert-OH is 3. The molecule has 172 valence electrons. The number of fused-ring (bicyclic) bond motifs is 1. The van der Waals surface area contributed by atoms with Crippen LogP contribution in [0.4, 0.5) is 5.69 Å². The van der Waals surface area contributed by atoms with Gasteiger partial charge < -0.3 is 25.5 Å². The van der Waals surface area contributed by atoms with Crippen LogP contribution in [0.2, 0.25) is 0 Å². The zero-order chi connectivity index (χ0) is 22.6. The minimum atomic E-state index is -3.66. The first-order valence-corrected chi connectivity index (χ1v) is 12.1. The molecule has 0 unspecified atom stereocenters. The summed E-state index contributed by atoms with van der Waals surface area (Å²) in [4.78, 5) is 2.22. The fourth-order valence-corrected chi connectivity index (χ4v) is 5.58. The van der Waals surface area contributed by atoms with E-state index in [2.05, 4.69) is 10.0 Å². The number of nitrogens with zero attached hydrogens (tertiary/aromatic N) is 1. The van der Waals surface area contributed by atoms with Crippen LogP contribution in [0.5, 0.6) is 0 Å². The summed E-state index contributed by atoms with van der Waals surface area (Å²) >= 11 is 0. The van der Waals surface area contributed by atoms with Crippen LogP contribution in [-0.4, -0.2) is 75.8 Å². The number of anilines is 1. The summed E-state index contributed by atoms with van der Waals surface area (Å²) in [6.45, 7) is 0.372. The molecular formula is C22H33N3O5S. The number of piperidine rings is 1. The summed E-state index contributed by atoms with van der Waals surface area (Å²) in [6, 6.07) is 10.8. The highest BCUT2D eigenvalue weighted by Crippen LogP contribution is 2.30. The monoisotopic (exact) mass is 451 g/mol. The van der Waals surface area contributed by atoms with Crippen LogP contribution in [-0.2, 0) is 10.0 Å². The molecule has 0 aromatic heterocycles. The van der Waals surface area contributed by atoms with Gasteiger partial charge in [0.25, 0.3) is 0 Å². The molecule has 8 nitrogen and oxygen atoms in total. The van der Waals surface area contributed by atoms with Crippen molar-refractivity contribution >= 4 is 26.5 Å². The number of unbranched alkanes of at least 4 members (excludes halogenated alkanes) is 1. The molecule has 0 saturated carbocycles. The molecule has 1 aliphatic rings. The molecule has 5 N–H and O–H groups in total. The highest BCUT2D eigenvalue weighted by molar-refractivity contribution is 7.89. The molecule has 0 spiro atoms. The fourth-order valence-electron chi connectivity index (χ4n) is 4.28. The lowest BCUT2D eigenvalue weighted by Gasteiger charge is -2.38. The van der Waals surface area contributed by atoms with Crippen molar-refractivity contribution in [3.05, 3.63) is 36.4 Å². The van der Waals surface area contributed by atoms with Gasteiger partial charge >= 0.3 is 0 Å². The fraction of sp³-hybridized carbons (Fsp3) is 0.545. The first-order chi connectivity index (χ1) is 14.8. The lowest BCUT2D eigenvalue weighted by atomic mass is 9.84. The van der Waals surface area contributed by atoms with Crippen LogP contribution in [0.1, 0.15) is 19.3 Å². The minimum Gasteiger partial charge on any atom is -0.396 e. The molecule has 0 aliphatic carbocycles. The van der Waals surface area contributed by atoms with Crippen molar-refractivity contribution in [2.75, 3.05) is 38.7 Å². The number of hydrogen-bond acceptors (Lipinski definition) is 7. The zero-order valence-electron chi connectivity index (χ0n) is 18.0. The van der Waals surface area contributed by atoms with Crippen LogP contribution in [0.15, 0.2) is 41.3 Å². The van der Waals surface area contributed by atoms with Gasteiger partial charge in [-0.05, 0) is 25.0 Å². The van der Waals surface area contributed by atoms with Gasteiger partial charge in [0.2, 0.25) is 10.0 Å². The van der Waals surface area contributed by atoms with Crippen molar-refractivity contribution in [3.63, 3.8) is 0 Å². The van der Waals surface area contributed by atoms with Gasteiger partial charge in [-0.3, -0.25) is 0 Å². The van der Waals surface area contributed by atoms with E-state index in [0.29, 0.717) is 24.8 Å². The van der Waals surface area contributed by atoms with Gasteiger partial charge in [-0.15, -0.1) is 0 Å². The van der Waals surface area contributed by atoms with E-state index in [0.717, 1.165) is 17.5 Å². The topological polar surface area (TPSA) is 122 Å². The third kappa shape index (κ3) is 5.36. The van der Waals surface area contributed by atoms with E-state index in [-0.39, 0.29) is 24.1 Å². The van der Waals surface area contributed by atoms with Crippen LogP contribution in [0.3, 0.4) is 0 Å². The second-order valence-electron chi connectivity index (χ2n) is 8.34. The molecule has 4 atom stereocenters. The van der Waals surface area contributed by atoms with Crippen LogP contribution in [0.25, 0.3) is 10.8 Å². The predicted octanol–water partition coefficient (Wildman–Crippen LogP) is 0.657. The summed E-state index contributed by atoms with van der Waals surface area (Å²) in [5.74, 6) is -0.429. The second-order valence-corrected chi connectivity index (χ2v) is 10.1. The van der Waals surface area contributed by atoms with E-state index < -0.39 is 28.1 Å². The zero-order valence-corrected chi connectivity index (χ0v) is 18.8. The molecule has 2 aromatic carbocycles. The SMILES string of the molecule is CN(C)c1cccc2c(S(=O)(=O)NCCCC[C@@H]3NC[C@@H](O)[C@@H](O)[C@H]3CO)cccc12. The van der Waals surface area contributed by atoms with Gasteiger partial charge in [-0.1, -0.05) is 30.7 Å². The Kier molecular flexibility index (Phi) is 7.90. The summed E-state index contributed by atoms with van der Waals surface area (Å²) in [6.07, 6.45) is 0.195. The van der Waals surface area contributed by atoms with E-state index in [4.69, 9.17) is 0 Å². The molecule has 1 heterocycles. The maximum absolute atomic E-state index is 12.9. The van der Waals surface area contributed by atoms with Crippen LogP contribution >= 0.6 is 0 Å². The summed E-state index contributed by atoms with van der Waals surface area (Å²) in [7, 11) is 0.191. The number of aliphatic hydroxyl groups is 3. The van der Waals surface area contributed by atoms with Crippen molar-refractivity contribution in [1.29, 1.82) is 0 Å². The Morgan fingerprint density at radius 3 is 2.52 bits per heavy atom. The number of sulfonamides is 1. The lowest BCUT2D eigenvalue weighted by molar-refractivity contribution is -0.0679. The van der Waals surface area contributed by atoms with Crippen molar-refractivity contribution < 1.29 is 23.7 Å². The van der Waals surface area contributed by atoms with Gasteiger partial charge in [0.15, 0.2) is 0 Å². The normalized spacial score (nSPS) is 24.4. The Hall–Kier alpha value is -1.75. The number of rotatable bonds is 9. The van der Waals surface area contributed by atoms with Crippen LogP contribution < -0.4 is 14.9 Å².